The zero-order valence-electron chi connectivity index (χ0n) is 14.4. The molecule has 0 aliphatic rings. The summed E-state index contributed by atoms with van der Waals surface area (Å²) in [6, 6.07) is 14.3. The molecule has 132 valence electrons. The SMILES string of the molecule is CC(C)(C)c1cc(Br)ccc1OCC(=O)NNC(=O)c1ccccc1. The molecule has 0 fully saturated rings. The molecule has 25 heavy (non-hydrogen) atoms. The highest BCUT2D eigenvalue weighted by molar-refractivity contribution is 9.10. The first kappa shape index (κ1) is 19.0. The monoisotopic (exact) mass is 404 g/mol. The lowest BCUT2D eigenvalue weighted by atomic mass is 9.86. The van der Waals surface area contributed by atoms with Crippen LogP contribution >= 0.6 is 15.9 Å². The molecular weight excluding hydrogens is 384 g/mol. The number of hydrogen-bond donors (Lipinski definition) is 2. The van der Waals surface area contributed by atoms with Crippen molar-refractivity contribution < 1.29 is 14.3 Å². The third kappa shape index (κ3) is 5.60. The van der Waals surface area contributed by atoms with Gasteiger partial charge < -0.3 is 4.74 Å². The highest BCUT2D eigenvalue weighted by atomic mass is 79.9. The van der Waals surface area contributed by atoms with E-state index in [1.165, 1.54) is 0 Å². The van der Waals surface area contributed by atoms with E-state index < -0.39 is 5.91 Å². The van der Waals surface area contributed by atoms with Gasteiger partial charge in [0.2, 0.25) is 0 Å². The fourth-order valence-corrected chi connectivity index (χ4v) is 2.54. The van der Waals surface area contributed by atoms with Gasteiger partial charge in [-0.05, 0) is 35.7 Å². The number of carbonyl (C=O) groups excluding carboxylic acids is 2. The van der Waals surface area contributed by atoms with Crippen LogP contribution in [0.4, 0.5) is 0 Å². The van der Waals surface area contributed by atoms with E-state index >= 15 is 0 Å². The lowest BCUT2D eigenvalue weighted by molar-refractivity contribution is -0.123. The first-order valence-corrected chi connectivity index (χ1v) is 8.64. The number of hydrogen-bond acceptors (Lipinski definition) is 3. The molecule has 0 aromatic heterocycles. The molecule has 0 heterocycles. The summed E-state index contributed by atoms with van der Waals surface area (Å²) in [7, 11) is 0. The topological polar surface area (TPSA) is 67.4 Å². The highest BCUT2D eigenvalue weighted by Crippen LogP contribution is 2.33. The second-order valence-electron chi connectivity index (χ2n) is 6.55. The molecule has 0 aliphatic carbocycles. The van der Waals surface area contributed by atoms with E-state index in [0.29, 0.717) is 11.3 Å². The van der Waals surface area contributed by atoms with Gasteiger partial charge in [0.05, 0.1) is 0 Å². The summed E-state index contributed by atoms with van der Waals surface area (Å²) in [5.41, 5.74) is 6.04. The molecule has 0 atom stereocenters. The normalized spacial score (nSPS) is 10.9. The van der Waals surface area contributed by atoms with Crippen molar-refractivity contribution in [3.8, 4) is 5.75 Å². The van der Waals surface area contributed by atoms with Gasteiger partial charge in [-0.25, -0.2) is 0 Å². The minimum absolute atomic E-state index is 0.128. The molecule has 2 aromatic carbocycles. The molecule has 0 bridgehead atoms. The van der Waals surface area contributed by atoms with E-state index in [1.807, 2.05) is 24.3 Å². The molecule has 2 aromatic rings. The molecule has 0 unspecified atom stereocenters. The Hall–Kier alpha value is -2.34. The number of benzene rings is 2. The maximum absolute atomic E-state index is 11.9. The van der Waals surface area contributed by atoms with Crippen molar-refractivity contribution in [1.82, 2.24) is 10.9 Å². The van der Waals surface area contributed by atoms with Gasteiger partial charge in [-0.2, -0.15) is 0 Å². The lowest BCUT2D eigenvalue weighted by Gasteiger charge is -2.23. The maximum atomic E-state index is 11.9. The Bertz CT molecular complexity index is 755. The van der Waals surface area contributed by atoms with Crippen molar-refractivity contribution in [2.24, 2.45) is 0 Å². The average Bonchev–Trinajstić information content (AvgIpc) is 2.58. The predicted molar refractivity (Wildman–Crippen MR) is 100 cm³/mol. The van der Waals surface area contributed by atoms with Crippen LogP contribution in [0.25, 0.3) is 0 Å². The van der Waals surface area contributed by atoms with Gasteiger partial charge in [0.25, 0.3) is 11.8 Å². The second kappa shape index (κ2) is 8.16. The number of carbonyl (C=O) groups is 2. The first-order chi connectivity index (χ1) is 11.8. The quantitative estimate of drug-likeness (QED) is 0.765. The summed E-state index contributed by atoms with van der Waals surface area (Å²) in [5.74, 6) is -0.180. The summed E-state index contributed by atoms with van der Waals surface area (Å²) >= 11 is 3.45. The van der Waals surface area contributed by atoms with Crippen LogP contribution in [0, 0.1) is 0 Å². The van der Waals surface area contributed by atoms with Gasteiger partial charge in [-0.15, -0.1) is 0 Å². The van der Waals surface area contributed by atoms with E-state index in [1.54, 1.807) is 24.3 Å². The van der Waals surface area contributed by atoms with Gasteiger partial charge in [0.15, 0.2) is 6.61 Å². The molecule has 0 spiro atoms. The van der Waals surface area contributed by atoms with Crippen LogP contribution < -0.4 is 15.6 Å². The summed E-state index contributed by atoms with van der Waals surface area (Å²) in [5, 5.41) is 0. The molecule has 0 radical (unpaired) electrons. The molecule has 2 rings (SSSR count). The number of rotatable bonds is 4. The molecule has 5 nitrogen and oxygen atoms in total. The second-order valence-corrected chi connectivity index (χ2v) is 7.46. The van der Waals surface area contributed by atoms with Crippen LogP contribution in [0.15, 0.2) is 53.0 Å². The smallest absolute Gasteiger partial charge is 0.276 e. The van der Waals surface area contributed by atoms with Crippen LogP contribution in [0.1, 0.15) is 36.7 Å². The van der Waals surface area contributed by atoms with Crippen LogP contribution in [0.5, 0.6) is 5.75 Å². The van der Waals surface area contributed by atoms with E-state index in [0.717, 1.165) is 10.0 Å². The fraction of sp³-hybridized carbons (Fsp3) is 0.263. The number of hydrazine groups is 1. The van der Waals surface area contributed by atoms with Crippen molar-refractivity contribution >= 4 is 27.7 Å². The zero-order chi connectivity index (χ0) is 18.4. The molecule has 0 saturated carbocycles. The minimum atomic E-state index is -0.438. The summed E-state index contributed by atoms with van der Waals surface area (Å²) in [6.07, 6.45) is 0. The summed E-state index contributed by atoms with van der Waals surface area (Å²) in [4.78, 5) is 23.8. The van der Waals surface area contributed by atoms with Crippen molar-refractivity contribution in [3.05, 3.63) is 64.1 Å². The molecule has 0 aliphatic heterocycles. The van der Waals surface area contributed by atoms with E-state index in [9.17, 15) is 9.59 Å². The molecule has 2 N–H and O–H groups in total. The Morgan fingerprint density at radius 3 is 2.36 bits per heavy atom. The van der Waals surface area contributed by atoms with Crippen LogP contribution in [0.2, 0.25) is 0 Å². The third-order valence-corrected chi connectivity index (χ3v) is 3.95. The predicted octanol–water partition coefficient (Wildman–Crippen LogP) is 3.59. The number of amides is 2. The van der Waals surface area contributed by atoms with Crippen molar-refractivity contribution in [1.29, 1.82) is 0 Å². The Morgan fingerprint density at radius 2 is 1.72 bits per heavy atom. The largest absolute Gasteiger partial charge is 0.483 e. The van der Waals surface area contributed by atoms with Gasteiger partial charge in [-0.1, -0.05) is 54.9 Å². The first-order valence-electron chi connectivity index (χ1n) is 7.84. The van der Waals surface area contributed by atoms with E-state index in [-0.39, 0.29) is 17.9 Å². The molecule has 0 saturated heterocycles. The van der Waals surface area contributed by atoms with Crippen LogP contribution in [0.3, 0.4) is 0 Å². The van der Waals surface area contributed by atoms with Gasteiger partial charge in [0.1, 0.15) is 5.75 Å². The molecule has 2 amide bonds. The van der Waals surface area contributed by atoms with Crippen LogP contribution in [-0.4, -0.2) is 18.4 Å². The molecule has 6 heteroatoms. The molecular formula is C19H21BrN2O3. The summed E-state index contributed by atoms with van der Waals surface area (Å²) < 4.78 is 6.58. The zero-order valence-corrected chi connectivity index (χ0v) is 16.0. The summed E-state index contributed by atoms with van der Waals surface area (Å²) in [6.45, 7) is 6.02. The number of ether oxygens (including phenoxy) is 1. The van der Waals surface area contributed by atoms with E-state index in [4.69, 9.17) is 4.74 Å². The number of halogens is 1. The minimum Gasteiger partial charge on any atom is -0.483 e. The van der Waals surface area contributed by atoms with Crippen molar-refractivity contribution in [2.45, 2.75) is 26.2 Å². The van der Waals surface area contributed by atoms with Gasteiger partial charge in [0, 0.05) is 15.6 Å². The van der Waals surface area contributed by atoms with E-state index in [2.05, 4.69) is 47.6 Å². The Labute approximate surface area is 155 Å². The van der Waals surface area contributed by atoms with Crippen LogP contribution in [-0.2, 0) is 10.2 Å². The Kier molecular flexibility index (Phi) is 6.20. The third-order valence-electron chi connectivity index (χ3n) is 3.46. The lowest BCUT2D eigenvalue weighted by Crippen LogP contribution is -2.43. The fourth-order valence-electron chi connectivity index (χ4n) is 2.18. The Morgan fingerprint density at radius 1 is 1.04 bits per heavy atom. The maximum Gasteiger partial charge on any atom is 0.276 e. The highest BCUT2D eigenvalue weighted by Gasteiger charge is 2.20. The van der Waals surface area contributed by atoms with Gasteiger partial charge >= 0.3 is 0 Å². The van der Waals surface area contributed by atoms with Crippen molar-refractivity contribution in [2.75, 3.05) is 6.61 Å². The van der Waals surface area contributed by atoms with Crippen molar-refractivity contribution in [3.63, 3.8) is 0 Å². The standard InChI is InChI=1S/C19H21BrN2O3/c1-19(2,3)15-11-14(20)9-10-16(15)25-12-17(23)21-22-18(24)13-7-5-4-6-8-13/h4-11H,12H2,1-3H3,(H,21,23)(H,22,24). The van der Waals surface area contributed by atoms with Gasteiger partial charge in [-0.3, -0.25) is 20.4 Å². The average molecular weight is 405 g/mol. The number of nitrogens with one attached hydrogen (secondary N) is 2. The Balaban J connectivity index is 1.91.